The molecule has 5 heteroatoms. The van der Waals surface area contributed by atoms with Gasteiger partial charge in [0.15, 0.2) is 0 Å². The van der Waals surface area contributed by atoms with Crippen LogP contribution in [0, 0.1) is 0 Å². The number of amides is 1. The van der Waals surface area contributed by atoms with E-state index >= 15 is 0 Å². The summed E-state index contributed by atoms with van der Waals surface area (Å²) in [4.78, 5) is 21.7. The molecule has 1 aliphatic heterocycles. The van der Waals surface area contributed by atoms with Crippen molar-refractivity contribution in [3.8, 4) is 5.75 Å². The first-order valence-corrected chi connectivity index (χ1v) is 8.19. The summed E-state index contributed by atoms with van der Waals surface area (Å²) in [5, 5.41) is 1.12. The maximum Gasteiger partial charge on any atom is 0.227 e. The Morgan fingerprint density at radius 2 is 2.08 bits per heavy atom. The fraction of sp³-hybridized carbons (Fsp3) is 0.263. The molecule has 0 aliphatic carbocycles. The monoisotopic (exact) mass is 321 g/mol. The van der Waals surface area contributed by atoms with Crippen LogP contribution in [0.4, 0.5) is 0 Å². The molecule has 1 aliphatic rings. The highest BCUT2D eigenvalue weighted by molar-refractivity contribution is 5.89. The van der Waals surface area contributed by atoms with Crippen LogP contribution in [0.3, 0.4) is 0 Å². The Hall–Kier alpha value is -2.82. The van der Waals surface area contributed by atoms with Gasteiger partial charge in [-0.1, -0.05) is 18.2 Å². The maximum atomic E-state index is 12.6. The first kappa shape index (κ1) is 14.8. The van der Waals surface area contributed by atoms with E-state index < -0.39 is 0 Å². The molecule has 0 bridgehead atoms. The van der Waals surface area contributed by atoms with Gasteiger partial charge in [-0.2, -0.15) is 0 Å². The molecule has 1 fully saturated rings. The number of nitrogens with zero attached hydrogens (tertiary/aromatic N) is 2. The molecule has 0 unspecified atom stereocenters. The lowest BCUT2D eigenvalue weighted by atomic mass is 10.1. The maximum absolute atomic E-state index is 12.6. The summed E-state index contributed by atoms with van der Waals surface area (Å²) in [6.07, 6.45) is 6.70. The second-order valence-electron chi connectivity index (χ2n) is 6.09. The Morgan fingerprint density at radius 1 is 1.25 bits per heavy atom. The van der Waals surface area contributed by atoms with Crippen LogP contribution in [0.15, 0.2) is 55.0 Å². The van der Waals surface area contributed by atoms with Gasteiger partial charge in [0, 0.05) is 42.5 Å². The number of aromatic nitrogens is 2. The van der Waals surface area contributed by atoms with Gasteiger partial charge in [-0.25, -0.2) is 0 Å². The number of hydrogen-bond acceptors (Lipinski definition) is 3. The number of likely N-dealkylation sites (tertiary alicyclic amines) is 1. The lowest BCUT2D eigenvalue weighted by molar-refractivity contribution is -0.129. The van der Waals surface area contributed by atoms with E-state index in [2.05, 4.69) is 9.97 Å². The molecular weight excluding hydrogens is 302 g/mol. The summed E-state index contributed by atoms with van der Waals surface area (Å²) in [5.74, 6) is 0.960. The smallest absolute Gasteiger partial charge is 0.227 e. The first-order chi connectivity index (χ1) is 11.8. The number of rotatable bonds is 4. The van der Waals surface area contributed by atoms with Crippen LogP contribution in [0.5, 0.6) is 5.75 Å². The Balaban J connectivity index is 1.39. The number of carbonyl (C=O) groups is 1. The van der Waals surface area contributed by atoms with Crippen LogP contribution in [0.2, 0.25) is 0 Å². The van der Waals surface area contributed by atoms with E-state index in [9.17, 15) is 4.79 Å². The summed E-state index contributed by atoms with van der Waals surface area (Å²) in [6, 6.07) is 11.8. The predicted molar refractivity (Wildman–Crippen MR) is 91.9 cm³/mol. The van der Waals surface area contributed by atoms with Crippen LogP contribution in [-0.4, -0.2) is 40.0 Å². The second-order valence-corrected chi connectivity index (χ2v) is 6.09. The third-order valence-electron chi connectivity index (χ3n) is 4.47. The highest BCUT2D eigenvalue weighted by Crippen LogP contribution is 2.21. The van der Waals surface area contributed by atoms with Gasteiger partial charge in [-0.3, -0.25) is 9.78 Å². The average Bonchev–Trinajstić information content (AvgIpc) is 3.24. The lowest BCUT2D eigenvalue weighted by Crippen LogP contribution is -2.32. The Kier molecular flexibility index (Phi) is 3.91. The lowest BCUT2D eigenvalue weighted by Gasteiger charge is -2.17. The summed E-state index contributed by atoms with van der Waals surface area (Å²) in [7, 11) is 0. The van der Waals surface area contributed by atoms with Crippen LogP contribution in [0.25, 0.3) is 10.9 Å². The molecule has 2 aromatic heterocycles. The minimum absolute atomic E-state index is 0.0549. The van der Waals surface area contributed by atoms with Crippen molar-refractivity contribution < 1.29 is 9.53 Å². The molecule has 1 amide bonds. The quantitative estimate of drug-likeness (QED) is 0.804. The molecule has 3 aromatic rings. The number of aromatic amines is 1. The Bertz CT molecular complexity index is 844. The van der Waals surface area contributed by atoms with E-state index in [-0.39, 0.29) is 12.0 Å². The normalized spacial score (nSPS) is 17.3. The van der Waals surface area contributed by atoms with Gasteiger partial charge in [-0.15, -0.1) is 0 Å². The van der Waals surface area contributed by atoms with E-state index in [1.807, 2.05) is 47.5 Å². The summed E-state index contributed by atoms with van der Waals surface area (Å²) < 4.78 is 5.92. The average molecular weight is 321 g/mol. The summed E-state index contributed by atoms with van der Waals surface area (Å²) in [5.41, 5.74) is 2.12. The number of nitrogens with one attached hydrogen (secondary N) is 1. The van der Waals surface area contributed by atoms with Gasteiger partial charge >= 0.3 is 0 Å². The highest BCUT2D eigenvalue weighted by atomic mass is 16.5. The van der Waals surface area contributed by atoms with E-state index in [1.54, 1.807) is 12.4 Å². The molecule has 4 rings (SSSR count). The molecule has 1 aromatic carbocycles. The van der Waals surface area contributed by atoms with Crippen molar-refractivity contribution in [2.75, 3.05) is 13.1 Å². The van der Waals surface area contributed by atoms with Crippen molar-refractivity contribution in [2.45, 2.75) is 18.9 Å². The summed E-state index contributed by atoms with van der Waals surface area (Å²) in [6.45, 7) is 1.39. The molecule has 3 heterocycles. The third-order valence-corrected chi connectivity index (χ3v) is 4.47. The van der Waals surface area contributed by atoms with Gasteiger partial charge < -0.3 is 14.6 Å². The van der Waals surface area contributed by atoms with Gasteiger partial charge in [0.05, 0.1) is 13.0 Å². The molecular formula is C19H19N3O2. The molecule has 0 saturated carbocycles. The second kappa shape index (κ2) is 6.35. The standard InChI is InChI=1S/C19H19N3O2/c23-19(11-14-12-21-18-4-2-1-3-17(14)18)22-10-7-16(13-22)24-15-5-8-20-9-6-15/h1-6,8-9,12,16,21H,7,10-11,13H2/t16-/m1/s1. The topological polar surface area (TPSA) is 58.2 Å². The van der Waals surface area contributed by atoms with Crippen molar-refractivity contribution >= 4 is 16.8 Å². The minimum atomic E-state index is 0.0549. The van der Waals surface area contributed by atoms with Gasteiger partial charge in [0.1, 0.15) is 11.9 Å². The van der Waals surface area contributed by atoms with E-state index in [4.69, 9.17) is 4.74 Å². The zero-order chi connectivity index (χ0) is 16.4. The van der Waals surface area contributed by atoms with E-state index in [0.717, 1.165) is 35.2 Å². The van der Waals surface area contributed by atoms with E-state index in [1.165, 1.54) is 0 Å². The van der Waals surface area contributed by atoms with Crippen LogP contribution < -0.4 is 4.74 Å². The van der Waals surface area contributed by atoms with Gasteiger partial charge in [0.2, 0.25) is 5.91 Å². The number of H-pyrrole nitrogens is 1. The number of benzene rings is 1. The largest absolute Gasteiger partial charge is 0.488 e. The zero-order valence-corrected chi connectivity index (χ0v) is 13.3. The summed E-state index contributed by atoms with van der Waals surface area (Å²) >= 11 is 0. The third kappa shape index (κ3) is 2.97. The molecule has 0 radical (unpaired) electrons. The Labute approximate surface area is 140 Å². The van der Waals surface area contributed by atoms with Crippen molar-refractivity contribution in [1.29, 1.82) is 0 Å². The number of carbonyl (C=O) groups excluding carboxylic acids is 1. The Morgan fingerprint density at radius 3 is 2.96 bits per heavy atom. The van der Waals surface area contributed by atoms with E-state index in [0.29, 0.717) is 13.0 Å². The van der Waals surface area contributed by atoms with Crippen molar-refractivity contribution in [3.05, 3.63) is 60.6 Å². The van der Waals surface area contributed by atoms with Crippen LogP contribution >= 0.6 is 0 Å². The van der Waals surface area contributed by atoms with Crippen molar-refractivity contribution in [3.63, 3.8) is 0 Å². The number of fused-ring (bicyclic) bond motifs is 1. The molecule has 122 valence electrons. The first-order valence-electron chi connectivity index (χ1n) is 8.19. The predicted octanol–water partition coefficient (Wildman–Crippen LogP) is 2.79. The highest BCUT2D eigenvalue weighted by Gasteiger charge is 2.27. The van der Waals surface area contributed by atoms with Crippen LogP contribution in [0.1, 0.15) is 12.0 Å². The van der Waals surface area contributed by atoms with Gasteiger partial charge in [-0.05, 0) is 23.8 Å². The molecule has 1 saturated heterocycles. The minimum Gasteiger partial charge on any atom is -0.488 e. The molecule has 1 atom stereocenters. The van der Waals surface area contributed by atoms with Gasteiger partial charge in [0.25, 0.3) is 0 Å². The van der Waals surface area contributed by atoms with Crippen molar-refractivity contribution in [1.82, 2.24) is 14.9 Å². The fourth-order valence-electron chi connectivity index (χ4n) is 3.21. The molecule has 0 spiro atoms. The fourth-order valence-corrected chi connectivity index (χ4v) is 3.21. The van der Waals surface area contributed by atoms with Crippen molar-refractivity contribution in [2.24, 2.45) is 0 Å². The van der Waals surface area contributed by atoms with Crippen LogP contribution in [-0.2, 0) is 11.2 Å². The molecule has 5 nitrogen and oxygen atoms in total. The molecule has 1 N–H and O–H groups in total. The number of pyridine rings is 1. The molecule has 24 heavy (non-hydrogen) atoms. The SMILES string of the molecule is O=C(Cc1c[nH]c2ccccc12)N1CC[C@@H](Oc2ccncc2)C1. The number of para-hydroxylation sites is 1. The number of ether oxygens (including phenoxy) is 1. The zero-order valence-electron chi connectivity index (χ0n) is 13.3. The number of hydrogen-bond donors (Lipinski definition) is 1.